The monoisotopic (exact) mass is 316 g/mol. The molecule has 1 rings (SSSR count). The van der Waals surface area contributed by atoms with E-state index in [-0.39, 0.29) is 15.5 Å². The first-order valence-electron chi connectivity index (χ1n) is 6.10. The van der Waals surface area contributed by atoms with Gasteiger partial charge in [-0.05, 0) is 17.7 Å². The van der Waals surface area contributed by atoms with Crippen molar-refractivity contribution < 1.29 is 13.2 Å². The van der Waals surface area contributed by atoms with Gasteiger partial charge in [0.05, 0.1) is 10.6 Å². The van der Waals surface area contributed by atoms with Gasteiger partial charge in [-0.25, -0.2) is 13.6 Å². The van der Waals surface area contributed by atoms with Crippen LogP contribution in [0.25, 0.3) is 0 Å². The molecule has 0 aliphatic rings. The molecule has 20 heavy (non-hydrogen) atoms. The first-order chi connectivity index (χ1) is 9.08. The zero-order chi connectivity index (χ0) is 15.4. The van der Waals surface area contributed by atoms with E-state index in [4.69, 9.17) is 5.14 Å². The number of thioether (sulfide) groups is 1. The smallest absolute Gasteiger partial charge is 0.238 e. The van der Waals surface area contributed by atoms with E-state index >= 15 is 0 Å². The average molecular weight is 316 g/mol. The lowest BCUT2D eigenvalue weighted by molar-refractivity contribution is -0.118. The molecule has 0 saturated carbocycles. The summed E-state index contributed by atoms with van der Waals surface area (Å²) in [4.78, 5) is 11.7. The molecule has 1 amide bonds. The number of sulfonamides is 1. The first-order valence-corrected chi connectivity index (χ1v) is 8.63. The molecule has 0 fully saturated rings. The second-order valence-corrected chi connectivity index (χ2v) is 8.73. The molecule has 1 aromatic rings. The maximum Gasteiger partial charge on any atom is 0.238 e. The third-order valence-electron chi connectivity index (χ3n) is 2.38. The van der Waals surface area contributed by atoms with Gasteiger partial charge in [-0.3, -0.25) is 4.79 Å². The molecule has 0 heterocycles. The molecule has 1 aromatic carbocycles. The predicted molar refractivity (Wildman–Crippen MR) is 81.9 cm³/mol. The molecule has 0 bridgehead atoms. The van der Waals surface area contributed by atoms with Crippen molar-refractivity contribution >= 4 is 27.7 Å². The summed E-state index contributed by atoms with van der Waals surface area (Å²) in [6, 6.07) is 6.13. The summed E-state index contributed by atoms with van der Waals surface area (Å²) in [6.07, 6.45) is 0. The molecule has 0 atom stereocenters. The zero-order valence-corrected chi connectivity index (χ0v) is 13.5. The number of benzene rings is 1. The number of primary sulfonamides is 1. The molecule has 5 nitrogen and oxygen atoms in total. The van der Waals surface area contributed by atoms with Crippen LogP contribution >= 0.6 is 11.8 Å². The van der Waals surface area contributed by atoms with Crippen LogP contribution in [0.4, 0.5) is 0 Å². The van der Waals surface area contributed by atoms with E-state index in [0.717, 1.165) is 5.56 Å². The van der Waals surface area contributed by atoms with Crippen molar-refractivity contribution in [3.8, 4) is 0 Å². The van der Waals surface area contributed by atoms with Gasteiger partial charge in [-0.15, -0.1) is 11.8 Å². The van der Waals surface area contributed by atoms with Crippen molar-refractivity contribution in [1.82, 2.24) is 5.32 Å². The molecule has 7 heteroatoms. The Labute approximate surface area is 124 Å². The molecule has 0 aliphatic carbocycles. The summed E-state index contributed by atoms with van der Waals surface area (Å²) in [5, 5.41) is 7.80. The van der Waals surface area contributed by atoms with E-state index < -0.39 is 10.0 Å². The fraction of sp³-hybridized carbons (Fsp3) is 0.462. The van der Waals surface area contributed by atoms with Crippen LogP contribution < -0.4 is 10.5 Å². The van der Waals surface area contributed by atoms with Crippen LogP contribution in [-0.4, -0.2) is 24.8 Å². The van der Waals surface area contributed by atoms with Crippen LogP contribution in [0.1, 0.15) is 26.3 Å². The van der Waals surface area contributed by atoms with E-state index in [2.05, 4.69) is 26.1 Å². The molecule has 0 aromatic heterocycles. The Morgan fingerprint density at radius 3 is 2.25 bits per heavy atom. The number of rotatable bonds is 5. The van der Waals surface area contributed by atoms with Gasteiger partial charge in [0.1, 0.15) is 0 Å². The highest BCUT2D eigenvalue weighted by atomic mass is 32.2. The second kappa shape index (κ2) is 6.60. The SMILES string of the molecule is CC(C)(C)SCC(=O)NCc1ccc(S(N)(=O)=O)cc1. The summed E-state index contributed by atoms with van der Waals surface area (Å²) < 4.78 is 22.2. The van der Waals surface area contributed by atoms with Crippen LogP contribution in [-0.2, 0) is 21.4 Å². The molecule has 3 N–H and O–H groups in total. The molecule has 0 radical (unpaired) electrons. The largest absolute Gasteiger partial charge is 0.351 e. The minimum atomic E-state index is -3.67. The normalized spacial score (nSPS) is 12.2. The van der Waals surface area contributed by atoms with E-state index in [1.54, 1.807) is 23.9 Å². The first kappa shape index (κ1) is 17.0. The van der Waals surface area contributed by atoms with Gasteiger partial charge in [0.2, 0.25) is 15.9 Å². The quantitative estimate of drug-likeness (QED) is 0.861. The highest BCUT2D eigenvalue weighted by Gasteiger charge is 2.13. The highest BCUT2D eigenvalue weighted by molar-refractivity contribution is 8.01. The third-order valence-corrected chi connectivity index (χ3v) is 4.58. The van der Waals surface area contributed by atoms with Gasteiger partial charge in [0.25, 0.3) is 0 Å². The van der Waals surface area contributed by atoms with Crippen LogP contribution in [0.3, 0.4) is 0 Å². The molecular weight excluding hydrogens is 296 g/mol. The number of nitrogens with one attached hydrogen (secondary N) is 1. The number of hydrogen-bond acceptors (Lipinski definition) is 4. The highest BCUT2D eigenvalue weighted by Crippen LogP contribution is 2.22. The molecular formula is C13H20N2O3S2. The summed E-state index contributed by atoms with van der Waals surface area (Å²) in [6.45, 7) is 6.53. The number of carbonyl (C=O) groups is 1. The number of carbonyl (C=O) groups excluding carboxylic acids is 1. The zero-order valence-electron chi connectivity index (χ0n) is 11.8. The Morgan fingerprint density at radius 1 is 1.25 bits per heavy atom. The van der Waals surface area contributed by atoms with Gasteiger partial charge in [0.15, 0.2) is 0 Å². The minimum Gasteiger partial charge on any atom is -0.351 e. The lowest BCUT2D eigenvalue weighted by Crippen LogP contribution is -2.26. The molecule has 0 spiro atoms. The lowest BCUT2D eigenvalue weighted by atomic mass is 10.2. The van der Waals surface area contributed by atoms with Crippen molar-refractivity contribution in [2.45, 2.75) is 37.0 Å². The minimum absolute atomic E-state index is 0.0413. The summed E-state index contributed by atoms with van der Waals surface area (Å²) >= 11 is 1.57. The van der Waals surface area contributed by atoms with Crippen LogP contribution in [0, 0.1) is 0 Å². The Morgan fingerprint density at radius 2 is 1.80 bits per heavy atom. The van der Waals surface area contributed by atoms with E-state index in [0.29, 0.717) is 12.3 Å². The Hall–Kier alpha value is -1.05. The van der Waals surface area contributed by atoms with Crippen molar-refractivity contribution in [1.29, 1.82) is 0 Å². The maximum absolute atomic E-state index is 11.6. The molecule has 112 valence electrons. The fourth-order valence-corrected chi connectivity index (χ4v) is 2.51. The Kier molecular flexibility index (Phi) is 5.61. The van der Waals surface area contributed by atoms with Crippen molar-refractivity contribution in [3.63, 3.8) is 0 Å². The van der Waals surface area contributed by atoms with Gasteiger partial charge in [-0.2, -0.15) is 0 Å². The van der Waals surface area contributed by atoms with Crippen molar-refractivity contribution in [3.05, 3.63) is 29.8 Å². The van der Waals surface area contributed by atoms with Gasteiger partial charge in [0, 0.05) is 11.3 Å². The van der Waals surface area contributed by atoms with Gasteiger partial charge < -0.3 is 5.32 Å². The average Bonchev–Trinajstić information content (AvgIpc) is 2.32. The van der Waals surface area contributed by atoms with Crippen molar-refractivity contribution in [2.75, 3.05) is 5.75 Å². The van der Waals surface area contributed by atoms with Gasteiger partial charge in [-0.1, -0.05) is 32.9 Å². The number of nitrogens with two attached hydrogens (primary N) is 1. The predicted octanol–water partition coefficient (Wildman–Crippen LogP) is 1.48. The summed E-state index contributed by atoms with van der Waals surface area (Å²) in [5.41, 5.74) is 0.825. The summed E-state index contributed by atoms with van der Waals surface area (Å²) in [5.74, 6) is 0.360. The molecule has 0 aliphatic heterocycles. The maximum atomic E-state index is 11.6. The van der Waals surface area contributed by atoms with E-state index in [1.807, 2.05) is 0 Å². The molecule has 0 unspecified atom stereocenters. The number of hydrogen-bond donors (Lipinski definition) is 2. The Bertz CT molecular complexity index is 560. The Balaban J connectivity index is 2.48. The van der Waals surface area contributed by atoms with Crippen LogP contribution in [0.2, 0.25) is 0 Å². The summed E-state index contributed by atoms with van der Waals surface area (Å²) in [7, 11) is -3.67. The van der Waals surface area contributed by atoms with Crippen LogP contribution in [0.5, 0.6) is 0 Å². The molecule has 0 saturated heterocycles. The van der Waals surface area contributed by atoms with Crippen molar-refractivity contribution in [2.24, 2.45) is 5.14 Å². The van der Waals surface area contributed by atoms with E-state index in [9.17, 15) is 13.2 Å². The third kappa shape index (κ3) is 6.40. The van der Waals surface area contributed by atoms with E-state index in [1.165, 1.54) is 12.1 Å². The second-order valence-electron chi connectivity index (χ2n) is 5.37. The standard InChI is InChI=1S/C13H20N2O3S2/c1-13(2,3)19-9-12(16)15-8-10-4-6-11(7-5-10)20(14,17)18/h4-7H,8-9H2,1-3H3,(H,15,16)(H2,14,17,18). The number of amides is 1. The lowest BCUT2D eigenvalue weighted by Gasteiger charge is -2.17. The van der Waals surface area contributed by atoms with Gasteiger partial charge >= 0.3 is 0 Å². The fourth-order valence-electron chi connectivity index (χ4n) is 1.33. The topological polar surface area (TPSA) is 89.3 Å². The van der Waals surface area contributed by atoms with Crippen LogP contribution in [0.15, 0.2) is 29.2 Å².